The van der Waals surface area contributed by atoms with Crippen molar-refractivity contribution in [3.05, 3.63) is 47.9 Å². The van der Waals surface area contributed by atoms with Crippen LogP contribution < -0.4 is 10.6 Å². The van der Waals surface area contributed by atoms with E-state index in [0.29, 0.717) is 18.5 Å². The Morgan fingerprint density at radius 3 is 2.48 bits per heavy atom. The first-order chi connectivity index (χ1) is 11.3. The van der Waals surface area contributed by atoms with Gasteiger partial charge >= 0.3 is 0 Å². The van der Waals surface area contributed by atoms with Crippen molar-refractivity contribution in [1.29, 1.82) is 0 Å². The third-order valence-corrected chi connectivity index (χ3v) is 4.23. The molecule has 5 heteroatoms. The molecule has 1 aliphatic rings. The van der Waals surface area contributed by atoms with Crippen LogP contribution in [0, 0.1) is 5.82 Å². The van der Waals surface area contributed by atoms with Crippen LogP contribution in [-0.4, -0.2) is 16.0 Å². The molecule has 0 amide bonds. The highest BCUT2D eigenvalue weighted by molar-refractivity contribution is 5.40. The lowest BCUT2D eigenvalue weighted by Gasteiger charge is -2.17. The number of benzene rings is 1. The molecule has 1 aromatic carbocycles. The lowest BCUT2D eigenvalue weighted by atomic mass is 10.1. The molecule has 0 aliphatic heterocycles. The molecule has 0 saturated heterocycles. The van der Waals surface area contributed by atoms with Gasteiger partial charge in [0.1, 0.15) is 11.6 Å². The second kappa shape index (κ2) is 7.90. The zero-order chi connectivity index (χ0) is 15.9. The average Bonchev–Trinajstić information content (AvgIpc) is 2.83. The Morgan fingerprint density at radius 1 is 1.00 bits per heavy atom. The third-order valence-electron chi connectivity index (χ3n) is 4.23. The lowest BCUT2D eigenvalue weighted by molar-refractivity contribution is 0.617. The van der Waals surface area contributed by atoms with Crippen LogP contribution in [0.4, 0.5) is 16.2 Å². The van der Waals surface area contributed by atoms with Crippen LogP contribution in [-0.2, 0) is 6.54 Å². The van der Waals surface area contributed by atoms with Crippen molar-refractivity contribution in [2.75, 3.05) is 10.6 Å². The van der Waals surface area contributed by atoms with Gasteiger partial charge in [-0.2, -0.15) is 4.98 Å². The van der Waals surface area contributed by atoms with Gasteiger partial charge in [-0.25, -0.2) is 9.37 Å². The molecule has 2 N–H and O–H groups in total. The predicted molar refractivity (Wildman–Crippen MR) is 90.9 cm³/mol. The number of anilines is 2. The fourth-order valence-electron chi connectivity index (χ4n) is 2.94. The Bertz CT molecular complexity index is 607. The largest absolute Gasteiger partial charge is 0.367 e. The Labute approximate surface area is 136 Å². The predicted octanol–water partition coefficient (Wildman–Crippen LogP) is 4.36. The zero-order valence-electron chi connectivity index (χ0n) is 13.3. The van der Waals surface area contributed by atoms with Crippen LogP contribution >= 0.6 is 0 Å². The molecule has 0 spiro atoms. The molecule has 0 bridgehead atoms. The quantitative estimate of drug-likeness (QED) is 0.805. The molecular weight excluding hydrogens is 291 g/mol. The smallest absolute Gasteiger partial charge is 0.224 e. The molecule has 122 valence electrons. The van der Waals surface area contributed by atoms with Crippen LogP contribution in [0.3, 0.4) is 0 Å². The fraction of sp³-hybridized carbons (Fsp3) is 0.444. The van der Waals surface area contributed by atoms with Gasteiger partial charge in [-0.1, -0.05) is 37.8 Å². The molecule has 23 heavy (non-hydrogen) atoms. The number of aromatic nitrogens is 2. The maximum atomic E-state index is 12.9. The molecule has 0 radical (unpaired) electrons. The summed E-state index contributed by atoms with van der Waals surface area (Å²) in [6.45, 7) is 0.577. The fourth-order valence-corrected chi connectivity index (χ4v) is 2.94. The Hall–Kier alpha value is -2.17. The summed E-state index contributed by atoms with van der Waals surface area (Å²) < 4.78 is 12.9. The van der Waals surface area contributed by atoms with Crippen LogP contribution in [0.5, 0.6) is 0 Å². The van der Waals surface area contributed by atoms with Gasteiger partial charge in [-0.3, -0.25) is 0 Å². The number of halogens is 1. The molecule has 2 aromatic rings. The van der Waals surface area contributed by atoms with Crippen molar-refractivity contribution >= 4 is 11.8 Å². The monoisotopic (exact) mass is 314 g/mol. The maximum Gasteiger partial charge on any atom is 0.224 e. The molecule has 3 rings (SSSR count). The van der Waals surface area contributed by atoms with Crippen molar-refractivity contribution in [3.63, 3.8) is 0 Å². The normalized spacial score (nSPS) is 15.9. The van der Waals surface area contributed by atoms with E-state index in [0.717, 1.165) is 11.4 Å². The third kappa shape index (κ3) is 4.91. The van der Waals surface area contributed by atoms with Crippen LogP contribution in [0.25, 0.3) is 0 Å². The first kappa shape index (κ1) is 15.7. The van der Waals surface area contributed by atoms with E-state index in [-0.39, 0.29) is 5.82 Å². The maximum absolute atomic E-state index is 12.9. The standard InChI is InChI=1S/C18H23FN4/c19-15-9-7-14(8-10-15)13-21-18-20-12-11-17(23-18)22-16-5-3-1-2-4-6-16/h7-12,16H,1-6,13H2,(H2,20,21,22,23). The first-order valence-corrected chi connectivity index (χ1v) is 8.37. The van der Waals surface area contributed by atoms with Crippen LogP contribution in [0.1, 0.15) is 44.1 Å². The zero-order valence-corrected chi connectivity index (χ0v) is 13.3. The van der Waals surface area contributed by atoms with E-state index in [4.69, 9.17) is 0 Å². The molecule has 1 aromatic heterocycles. The second-order valence-electron chi connectivity index (χ2n) is 6.08. The lowest BCUT2D eigenvalue weighted by Crippen LogP contribution is -2.19. The Kier molecular flexibility index (Phi) is 5.40. The summed E-state index contributed by atoms with van der Waals surface area (Å²) in [5.74, 6) is 1.24. The van der Waals surface area contributed by atoms with Crippen LogP contribution in [0.15, 0.2) is 36.5 Å². The van der Waals surface area contributed by atoms with E-state index < -0.39 is 0 Å². The van der Waals surface area contributed by atoms with E-state index in [1.807, 2.05) is 6.07 Å². The van der Waals surface area contributed by atoms with E-state index in [2.05, 4.69) is 20.6 Å². The van der Waals surface area contributed by atoms with Gasteiger partial charge in [0.05, 0.1) is 0 Å². The molecule has 1 fully saturated rings. The summed E-state index contributed by atoms with van der Waals surface area (Å²) in [4.78, 5) is 8.77. The van der Waals surface area contributed by atoms with E-state index >= 15 is 0 Å². The van der Waals surface area contributed by atoms with Crippen LogP contribution in [0.2, 0.25) is 0 Å². The summed E-state index contributed by atoms with van der Waals surface area (Å²) in [5.41, 5.74) is 0.997. The van der Waals surface area contributed by atoms with Gasteiger partial charge in [0.25, 0.3) is 0 Å². The molecule has 0 atom stereocenters. The molecule has 1 aliphatic carbocycles. The van der Waals surface area contributed by atoms with E-state index in [1.165, 1.54) is 50.7 Å². The number of nitrogens with one attached hydrogen (secondary N) is 2. The van der Waals surface area contributed by atoms with Crippen molar-refractivity contribution in [2.45, 2.75) is 51.1 Å². The van der Waals surface area contributed by atoms with E-state index in [9.17, 15) is 4.39 Å². The minimum absolute atomic E-state index is 0.223. The van der Waals surface area contributed by atoms with Gasteiger partial charge in [0.2, 0.25) is 5.95 Å². The Balaban J connectivity index is 1.57. The SMILES string of the molecule is Fc1ccc(CNc2nccc(NC3CCCCCC3)n2)cc1. The van der Waals surface area contributed by atoms with Gasteiger partial charge in [0.15, 0.2) is 0 Å². The Morgan fingerprint density at radius 2 is 1.74 bits per heavy atom. The molecular formula is C18H23FN4. The van der Waals surface area contributed by atoms with Crippen molar-refractivity contribution in [3.8, 4) is 0 Å². The number of rotatable bonds is 5. The summed E-state index contributed by atoms with van der Waals surface area (Å²) in [7, 11) is 0. The highest BCUT2D eigenvalue weighted by Gasteiger charge is 2.12. The van der Waals surface area contributed by atoms with Gasteiger partial charge in [0, 0.05) is 18.8 Å². The van der Waals surface area contributed by atoms with Gasteiger partial charge < -0.3 is 10.6 Å². The minimum atomic E-state index is -0.223. The highest BCUT2D eigenvalue weighted by Crippen LogP contribution is 2.20. The molecule has 1 heterocycles. The summed E-state index contributed by atoms with van der Waals surface area (Å²) in [6.07, 6.45) is 9.44. The van der Waals surface area contributed by atoms with E-state index in [1.54, 1.807) is 18.3 Å². The van der Waals surface area contributed by atoms with Crippen molar-refractivity contribution < 1.29 is 4.39 Å². The second-order valence-corrected chi connectivity index (χ2v) is 6.08. The number of nitrogens with zero attached hydrogens (tertiary/aromatic N) is 2. The molecule has 0 unspecified atom stereocenters. The minimum Gasteiger partial charge on any atom is -0.367 e. The first-order valence-electron chi connectivity index (χ1n) is 8.37. The van der Waals surface area contributed by atoms with Crippen molar-refractivity contribution in [1.82, 2.24) is 9.97 Å². The summed E-state index contributed by atoms with van der Waals surface area (Å²) >= 11 is 0. The number of hydrogen-bond acceptors (Lipinski definition) is 4. The molecule has 4 nitrogen and oxygen atoms in total. The van der Waals surface area contributed by atoms with Gasteiger partial charge in [-0.05, 0) is 36.6 Å². The van der Waals surface area contributed by atoms with Gasteiger partial charge in [-0.15, -0.1) is 0 Å². The summed E-state index contributed by atoms with van der Waals surface area (Å²) in [6, 6.07) is 8.86. The summed E-state index contributed by atoms with van der Waals surface area (Å²) in [5, 5.41) is 6.71. The van der Waals surface area contributed by atoms with Crippen molar-refractivity contribution in [2.24, 2.45) is 0 Å². The average molecular weight is 314 g/mol. The highest BCUT2D eigenvalue weighted by atomic mass is 19.1. The topological polar surface area (TPSA) is 49.8 Å². The molecule has 1 saturated carbocycles. The number of hydrogen-bond donors (Lipinski definition) is 2.